The van der Waals surface area contributed by atoms with E-state index in [0.29, 0.717) is 6.42 Å². The fourth-order valence-electron chi connectivity index (χ4n) is 3.49. The van der Waals surface area contributed by atoms with Gasteiger partial charge in [-0.1, -0.05) is 48.0 Å². The average Bonchev–Trinajstić information content (AvgIpc) is 3.21. The van der Waals surface area contributed by atoms with E-state index in [9.17, 15) is 4.79 Å². The molecule has 0 spiro atoms. The summed E-state index contributed by atoms with van der Waals surface area (Å²) in [6.45, 7) is 0.768. The molecule has 0 radical (unpaired) electrons. The maximum atomic E-state index is 13.0. The second-order valence-corrected chi connectivity index (χ2v) is 7.89. The highest BCUT2D eigenvalue weighted by Crippen LogP contribution is 2.41. The molecule has 4 rings (SSSR count). The summed E-state index contributed by atoms with van der Waals surface area (Å²) in [7, 11) is 2.02. The van der Waals surface area contributed by atoms with Gasteiger partial charge in [0.05, 0.1) is 6.42 Å². The maximum absolute atomic E-state index is 13.0. The number of hydrogen-bond acceptors (Lipinski definition) is 2. The zero-order chi connectivity index (χ0) is 17.4. The van der Waals surface area contributed by atoms with Crippen LogP contribution in [0.2, 0.25) is 5.02 Å². The van der Waals surface area contributed by atoms with Gasteiger partial charge in [-0.15, -0.1) is 11.8 Å². The second-order valence-electron chi connectivity index (χ2n) is 6.29. The summed E-state index contributed by atoms with van der Waals surface area (Å²) in [6.07, 6.45) is 2.49. The van der Waals surface area contributed by atoms with Crippen LogP contribution in [0.1, 0.15) is 16.5 Å². The van der Waals surface area contributed by atoms with Gasteiger partial charge in [0.15, 0.2) is 0 Å². The Labute approximate surface area is 156 Å². The molecule has 1 aliphatic heterocycles. The molecule has 0 bridgehead atoms. The van der Waals surface area contributed by atoms with E-state index in [0.717, 1.165) is 39.4 Å². The first kappa shape index (κ1) is 16.6. The van der Waals surface area contributed by atoms with Gasteiger partial charge in [0.25, 0.3) is 0 Å². The van der Waals surface area contributed by atoms with Gasteiger partial charge >= 0.3 is 0 Å². The summed E-state index contributed by atoms with van der Waals surface area (Å²) >= 11 is 8.14. The number of rotatable bonds is 3. The zero-order valence-electron chi connectivity index (χ0n) is 14.0. The van der Waals surface area contributed by atoms with Crippen molar-refractivity contribution in [2.45, 2.75) is 11.8 Å². The second kappa shape index (κ2) is 6.77. The molecule has 1 fully saturated rings. The molecule has 0 saturated carbocycles. The van der Waals surface area contributed by atoms with Crippen molar-refractivity contribution in [3.05, 3.63) is 70.9 Å². The average molecular weight is 371 g/mol. The van der Waals surface area contributed by atoms with E-state index in [-0.39, 0.29) is 11.3 Å². The number of aromatic nitrogens is 1. The monoisotopic (exact) mass is 370 g/mol. The highest BCUT2D eigenvalue weighted by molar-refractivity contribution is 7.99. The van der Waals surface area contributed by atoms with Crippen LogP contribution in [0, 0.1) is 0 Å². The van der Waals surface area contributed by atoms with Gasteiger partial charge in [-0.2, -0.15) is 0 Å². The van der Waals surface area contributed by atoms with Crippen molar-refractivity contribution in [2.24, 2.45) is 7.05 Å². The topological polar surface area (TPSA) is 25.2 Å². The molecule has 3 aromatic rings. The number of hydrogen-bond donors (Lipinski definition) is 0. The van der Waals surface area contributed by atoms with Crippen LogP contribution in [0.25, 0.3) is 10.9 Å². The third kappa shape index (κ3) is 3.05. The van der Waals surface area contributed by atoms with E-state index in [4.69, 9.17) is 11.6 Å². The van der Waals surface area contributed by atoms with Gasteiger partial charge in [-0.05, 0) is 17.7 Å². The molecule has 1 atom stereocenters. The molecule has 0 N–H and O–H groups in total. The Morgan fingerprint density at radius 3 is 2.80 bits per heavy atom. The third-order valence-corrected chi connectivity index (χ3v) is 6.29. The summed E-state index contributed by atoms with van der Waals surface area (Å²) in [4.78, 5) is 15.0. The van der Waals surface area contributed by atoms with Crippen LogP contribution in [-0.2, 0) is 18.3 Å². The Balaban J connectivity index is 1.61. The summed E-state index contributed by atoms with van der Waals surface area (Å²) in [5.74, 6) is 1.10. The van der Waals surface area contributed by atoms with Crippen molar-refractivity contribution < 1.29 is 4.79 Å². The first-order valence-corrected chi connectivity index (χ1v) is 9.76. The maximum Gasteiger partial charge on any atom is 0.228 e. The first-order chi connectivity index (χ1) is 12.1. The van der Waals surface area contributed by atoms with Crippen molar-refractivity contribution >= 4 is 40.2 Å². The van der Waals surface area contributed by atoms with Crippen LogP contribution in [0.5, 0.6) is 0 Å². The number of para-hydroxylation sites is 1. The Morgan fingerprint density at radius 1 is 1.20 bits per heavy atom. The standard InChI is InChI=1S/C20H19ClN2OS/c1-22-13-14(15-6-3-5-9-18(15)22)12-19(24)23-10-11-25-20(23)16-7-2-4-8-17(16)21/h2-9,13,20H,10-12H2,1H3. The lowest BCUT2D eigenvalue weighted by atomic mass is 10.1. The number of carbonyl (C=O) groups is 1. The number of benzene rings is 2. The molecule has 1 saturated heterocycles. The normalized spacial score (nSPS) is 17.4. The van der Waals surface area contributed by atoms with Gasteiger partial charge in [0.1, 0.15) is 5.37 Å². The molecule has 2 aromatic carbocycles. The van der Waals surface area contributed by atoms with Crippen LogP contribution >= 0.6 is 23.4 Å². The minimum atomic E-state index is 0.0103. The quantitative estimate of drug-likeness (QED) is 0.670. The van der Waals surface area contributed by atoms with Crippen LogP contribution < -0.4 is 0 Å². The van der Waals surface area contributed by atoms with Crippen LogP contribution in [0.4, 0.5) is 0 Å². The van der Waals surface area contributed by atoms with Crippen molar-refractivity contribution in [3.8, 4) is 0 Å². The van der Waals surface area contributed by atoms with Crippen molar-refractivity contribution in [1.82, 2.24) is 9.47 Å². The number of fused-ring (bicyclic) bond motifs is 1. The molecule has 128 valence electrons. The summed E-state index contributed by atoms with van der Waals surface area (Å²) in [5.41, 5.74) is 3.26. The Bertz CT molecular complexity index is 936. The number of carbonyl (C=O) groups excluding carboxylic acids is 1. The lowest BCUT2D eigenvalue weighted by Gasteiger charge is -2.25. The highest BCUT2D eigenvalue weighted by atomic mass is 35.5. The van der Waals surface area contributed by atoms with Gasteiger partial charge in [0, 0.05) is 47.0 Å². The SMILES string of the molecule is Cn1cc(CC(=O)N2CCSC2c2ccccc2Cl)c2ccccc21. The van der Waals surface area contributed by atoms with Crippen molar-refractivity contribution in [1.29, 1.82) is 0 Å². The molecule has 5 heteroatoms. The first-order valence-electron chi connectivity index (χ1n) is 8.33. The molecule has 1 aromatic heterocycles. The zero-order valence-corrected chi connectivity index (χ0v) is 15.6. The molecule has 1 aliphatic rings. The largest absolute Gasteiger partial charge is 0.350 e. The molecular formula is C20H19ClN2OS. The molecular weight excluding hydrogens is 352 g/mol. The van der Waals surface area contributed by atoms with E-state index < -0.39 is 0 Å². The third-order valence-electron chi connectivity index (χ3n) is 4.70. The predicted molar refractivity (Wildman–Crippen MR) is 105 cm³/mol. The smallest absolute Gasteiger partial charge is 0.228 e. The van der Waals surface area contributed by atoms with E-state index in [1.165, 1.54) is 0 Å². The Morgan fingerprint density at radius 2 is 1.96 bits per heavy atom. The van der Waals surface area contributed by atoms with Gasteiger partial charge < -0.3 is 9.47 Å². The lowest BCUT2D eigenvalue weighted by molar-refractivity contribution is -0.130. The molecule has 1 amide bonds. The Kier molecular flexibility index (Phi) is 4.48. The van der Waals surface area contributed by atoms with Gasteiger partial charge in [-0.3, -0.25) is 4.79 Å². The van der Waals surface area contributed by atoms with Crippen LogP contribution in [0.3, 0.4) is 0 Å². The van der Waals surface area contributed by atoms with Crippen molar-refractivity contribution in [2.75, 3.05) is 12.3 Å². The molecule has 0 aliphatic carbocycles. The molecule has 3 nitrogen and oxygen atoms in total. The van der Waals surface area contributed by atoms with E-state index in [1.54, 1.807) is 11.8 Å². The van der Waals surface area contributed by atoms with E-state index >= 15 is 0 Å². The van der Waals surface area contributed by atoms with Gasteiger partial charge in [0.2, 0.25) is 5.91 Å². The summed E-state index contributed by atoms with van der Waals surface area (Å²) < 4.78 is 2.09. The number of thioether (sulfide) groups is 1. The van der Waals surface area contributed by atoms with Gasteiger partial charge in [-0.25, -0.2) is 0 Å². The minimum Gasteiger partial charge on any atom is -0.350 e. The fraction of sp³-hybridized carbons (Fsp3) is 0.250. The van der Waals surface area contributed by atoms with Crippen molar-refractivity contribution in [3.63, 3.8) is 0 Å². The summed E-state index contributed by atoms with van der Waals surface area (Å²) in [6, 6.07) is 16.0. The predicted octanol–water partition coefficient (Wildman–Crippen LogP) is 4.65. The summed E-state index contributed by atoms with van der Waals surface area (Å²) in [5, 5.41) is 1.89. The Hall–Kier alpha value is -1.91. The number of nitrogens with zero attached hydrogens (tertiary/aromatic N) is 2. The van der Waals surface area contributed by atoms with Crippen LogP contribution in [0.15, 0.2) is 54.7 Å². The highest BCUT2D eigenvalue weighted by Gasteiger charge is 2.32. The lowest BCUT2D eigenvalue weighted by Crippen LogP contribution is -2.31. The number of amides is 1. The van der Waals surface area contributed by atoms with E-state index in [2.05, 4.69) is 22.9 Å². The fourth-order valence-corrected chi connectivity index (χ4v) is 5.11. The minimum absolute atomic E-state index is 0.0103. The molecule has 25 heavy (non-hydrogen) atoms. The number of aryl methyl sites for hydroxylation is 1. The molecule has 2 heterocycles. The van der Waals surface area contributed by atoms with E-state index in [1.807, 2.05) is 48.3 Å². The molecule has 1 unspecified atom stereocenters. The number of halogens is 1. The van der Waals surface area contributed by atoms with Crippen LogP contribution in [-0.4, -0.2) is 27.7 Å².